The maximum Gasteiger partial charge on any atom is 0.258 e. The minimum absolute atomic E-state index is 0. The summed E-state index contributed by atoms with van der Waals surface area (Å²) >= 11 is 0. The predicted octanol–water partition coefficient (Wildman–Crippen LogP) is 3.78. The number of anilines is 1. The van der Waals surface area contributed by atoms with Crippen LogP contribution in [-0.4, -0.2) is 10.4 Å². The fourth-order valence-corrected chi connectivity index (χ4v) is 2.71. The molecule has 0 radical (unpaired) electrons. The number of rotatable bonds is 2. The topological polar surface area (TPSA) is 46.4 Å². The van der Waals surface area contributed by atoms with Crippen LogP contribution in [0.3, 0.4) is 0 Å². The minimum Gasteiger partial charge on any atom is -0.344 e. The van der Waals surface area contributed by atoms with Crippen LogP contribution in [0, 0.1) is 0 Å². The molecular formula is C17H20ClN3O. The summed E-state index contributed by atoms with van der Waals surface area (Å²) < 4.78 is 1.76. The Labute approximate surface area is 136 Å². The van der Waals surface area contributed by atoms with Gasteiger partial charge in [-0.1, -0.05) is 30.3 Å². The van der Waals surface area contributed by atoms with Gasteiger partial charge >= 0.3 is 0 Å². The van der Waals surface area contributed by atoms with Gasteiger partial charge in [-0.05, 0) is 32.4 Å². The number of amidine groups is 1. The van der Waals surface area contributed by atoms with E-state index in [1.807, 2.05) is 63.4 Å². The normalized spacial score (nSPS) is 16.4. The minimum atomic E-state index is -0.235. The van der Waals surface area contributed by atoms with Crippen molar-refractivity contribution in [3.63, 3.8) is 0 Å². The summed E-state index contributed by atoms with van der Waals surface area (Å²) in [6.45, 7) is 5.94. The summed E-state index contributed by atoms with van der Waals surface area (Å²) in [5, 5.41) is 3.20. The van der Waals surface area contributed by atoms with E-state index in [0.29, 0.717) is 0 Å². The van der Waals surface area contributed by atoms with Crippen LogP contribution in [0.2, 0.25) is 0 Å². The molecule has 1 atom stereocenters. The van der Waals surface area contributed by atoms with Crippen molar-refractivity contribution >= 4 is 23.9 Å². The molecule has 1 aromatic heterocycles. The molecule has 1 aromatic carbocycles. The van der Waals surface area contributed by atoms with Crippen molar-refractivity contribution in [2.24, 2.45) is 4.99 Å². The molecule has 5 heteroatoms. The van der Waals surface area contributed by atoms with Gasteiger partial charge in [-0.15, -0.1) is 12.4 Å². The standard InChI is InChI=1S/C17H19N3O.ClH/c1-11(2)20-10-9-14-15(17(20)21)16(19-12(3)18-14)13-7-5-4-6-8-13;/h4-11,16H,1-3H3,(H,18,19);1H. The highest BCUT2D eigenvalue weighted by Crippen LogP contribution is 2.32. The van der Waals surface area contributed by atoms with E-state index in [0.717, 1.165) is 22.6 Å². The third-order valence-electron chi connectivity index (χ3n) is 3.74. The van der Waals surface area contributed by atoms with E-state index in [9.17, 15) is 4.79 Å². The van der Waals surface area contributed by atoms with E-state index < -0.39 is 0 Å². The molecule has 4 nitrogen and oxygen atoms in total. The molecule has 3 rings (SSSR count). The van der Waals surface area contributed by atoms with E-state index in [-0.39, 0.29) is 30.0 Å². The number of nitrogens with zero attached hydrogens (tertiary/aromatic N) is 2. The van der Waals surface area contributed by atoms with Crippen molar-refractivity contribution in [3.05, 3.63) is 64.1 Å². The molecule has 0 fully saturated rings. The fraction of sp³-hybridized carbons (Fsp3) is 0.294. The number of halogens is 1. The second kappa shape index (κ2) is 6.36. The lowest BCUT2D eigenvalue weighted by Crippen LogP contribution is -2.31. The van der Waals surface area contributed by atoms with Gasteiger partial charge < -0.3 is 9.88 Å². The highest BCUT2D eigenvalue weighted by Gasteiger charge is 2.25. The van der Waals surface area contributed by atoms with Gasteiger partial charge in [-0.3, -0.25) is 9.79 Å². The van der Waals surface area contributed by atoms with E-state index in [1.54, 1.807) is 4.57 Å². The maximum atomic E-state index is 12.8. The molecule has 0 spiro atoms. The Bertz CT molecular complexity index is 750. The first-order valence-electron chi connectivity index (χ1n) is 7.19. The van der Waals surface area contributed by atoms with Crippen LogP contribution in [0.4, 0.5) is 5.69 Å². The molecule has 22 heavy (non-hydrogen) atoms. The number of aromatic nitrogens is 1. The van der Waals surface area contributed by atoms with Gasteiger partial charge in [-0.25, -0.2) is 0 Å². The first-order valence-corrected chi connectivity index (χ1v) is 7.19. The van der Waals surface area contributed by atoms with Crippen LogP contribution in [0.5, 0.6) is 0 Å². The SMILES string of the molecule is CC1=NC(c2ccccc2)c2c(ccn(C(C)C)c2=O)N1.Cl. The average Bonchev–Trinajstić information content (AvgIpc) is 2.47. The van der Waals surface area contributed by atoms with Gasteiger partial charge in [0.05, 0.1) is 17.1 Å². The number of aliphatic imine (C=N–C) groups is 1. The van der Waals surface area contributed by atoms with Crippen molar-refractivity contribution in [2.45, 2.75) is 32.9 Å². The van der Waals surface area contributed by atoms with Gasteiger partial charge in [-0.2, -0.15) is 0 Å². The summed E-state index contributed by atoms with van der Waals surface area (Å²) in [4.78, 5) is 17.4. The molecule has 1 N–H and O–H groups in total. The lowest BCUT2D eigenvalue weighted by Gasteiger charge is -2.25. The lowest BCUT2D eigenvalue weighted by molar-refractivity contribution is 0.570. The smallest absolute Gasteiger partial charge is 0.258 e. The van der Waals surface area contributed by atoms with Crippen LogP contribution in [-0.2, 0) is 0 Å². The summed E-state index contributed by atoms with van der Waals surface area (Å²) in [5.41, 5.74) is 2.65. The Morgan fingerprint density at radius 2 is 1.86 bits per heavy atom. The van der Waals surface area contributed by atoms with Crippen molar-refractivity contribution in [2.75, 3.05) is 5.32 Å². The van der Waals surface area contributed by atoms with Gasteiger partial charge in [0, 0.05) is 12.2 Å². The van der Waals surface area contributed by atoms with E-state index >= 15 is 0 Å². The Morgan fingerprint density at radius 3 is 2.50 bits per heavy atom. The van der Waals surface area contributed by atoms with Gasteiger partial charge in [0.25, 0.3) is 5.56 Å². The molecule has 1 aliphatic heterocycles. The Morgan fingerprint density at radius 1 is 1.18 bits per heavy atom. The molecule has 2 aromatic rings. The first kappa shape index (κ1) is 16.3. The molecule has 0 bridgehead atoms. The van der Waals surface area contributed by atoms with Crippen LogP contribution in [0.1, 0.15) is 44.0 Å². The quantitative estimate of drug-likeness (QED) is 0.916. The van der Waals surface area contributed by atoms with Crippen LogP contribution < -0.4 is 10.9 Å². The van der Waals surface area contributed by atoms with Crippen LogP contribution >= 0.6 is 12.4 Å². The summed E-state index contributed by atoms with van der Waals surface area (Å²) in [5.74, 6) is 0.832. The number of nitrogens with one attached hydrogen (secondary N) is 1. The third kappa shape index (κ3) is 2.79. The van der Waals surface area contributed by atoms with Gasteiger partial charge in [0.1, 0.15) is 6.04 Å². The van der Waals surface area contributed by atoms with Crippen molar-refractivity contribution in [3.8, 4) is 0 Å². The largest absolute Gasteiger partial charge is 0.344 e. The second-order valence-electron chi connectivity index (χ2n) is 5.60. The molecule has 1 aliphatic rings. The number of hydrogen-bond donors (Lipinski definition) is 1. The zero-order valence-corrected chi connectivity index (χ0v) is 13.7. The Balaban J connectivity index is 0.00000176. The molecule has 2 heterocycles. The Kier molecular flexibility index (Phi) is 4.71. The molecule has 116 valence electrons. The molecule has 0 amide bonds. The van der Waals surface area contributed by atoms with Crippen LogP contribution in [0.15, 0.2) is 52.4 Å². The number of hydrogen-bond acceptors (Lipinski definition) is 3. The summed E-state index contributed by atoms with van der Waals surface area (Å²) in [6.07, 6.45) is 1.85. The van der Waals surface area contributed by atoms with E-state index in [4.69, 9.17) is 0 Å². The van der Waals surface area contributed by atoms with Gasteiger partial charge in [0.15, 0.2) is 0 Å². The monoisotopic (exact) mass is 317 g/mol. The Hall–Kier alpha value is -2.07. The predicted molar refractivity (Wildman–Crippen MR) is 93.4 cm³/mol. The number of benzene rings is 1. The second-order valence-corrected chi connectivity index (χ2v) is 5.60. The number of fused-ring (bicyclic) bond motifs is 1. The van der Waals surface area contributed by atoms with Crippen molar-refractivity contribution in [1.29, 1.82) is 0 Å². The van der Waals surface area contributed by atoms with E-state index in [2.05, 4.69) is 10.3 Å². The fourth-order valence-electron chi connectivity index (χ4n) is 2.71. The van der Waals surface area contributed by atoms with Gasteiger partial charge in [0.2, 0.25) is 0 Å². The highest BCUT2D eigenvalue weighted by molar-refractivity contribution is 5.96. The first-order chi connectivity index (χ1) is 10.1. The average molecular weight is 318 g/mol. The highest BCUT2D eigenvalue weighted by atomic mass is 35.5. The lowest BCUT2D eigenvalue weighted by atomic mass is 9.97. The van der Waals surface area contributed by atoms with Crippen LogP contribution in [0.25, 0.3) is 0 Å². The van der Waals surface area contributed by atoms with Crippen molar-refractivity contribution < 1.29 is 0 Å². The molecule has 1 unspecified atom stereocenters. The summed E-state index contributed by atoms with van der Waals surface area (Å²) in [6, 6.07) is 11.8. The molecule has 0 saturated heterocycles. The molecule has 0 aliphatic carbocycles. The third-order valence-corrected chi connectivity index (χ3v) is 3.74. The zero-order valence-electron chi connectivity index (χ0n) is 12.9. The van der Waals surface area contributed by atoms with Crippen molar-refractivity contribution in [1.82, 2.24) is 4.57 Å². The molecular weight excluding hydrogens is 298 g/mol. The zero-order chi connectivity index (χ0) is 15.0. The van der Waals surface area contributed by atoms with E-state index in [1.165, 1.54) is 0 Å². The summed E-state index contributed by atoms with van der Waals surface area (Å²) in [7, 11) is 0. The number of pyridine rings is 1. The molecule has 0 saturated carbocycles. The maximum absolute atomic E-state index is 12.8.